The highest BCUT2D eigenvalue weighted by atomic mass is 16.5. The predicted molar refractivity (Wildman–Crippen MR) is 103 cm³/mol. The molecule has 138 valence electrons. The molecular weight excluding hydrogens is 330 g/mol. The van der Waals surface area contributed by atoms with Crippen molar-refractivity contribution in [3.63, 3.8) is 0 Å². The summed E-state index contributed by atoms with van der Waals surface area (Å²) in [4.78, 5) is 22.2. The van der Waals surface area contributed by atoms with Crippen molar-refractivity contribution in [3.8, 4) is 11.1 Å². The monoisotopic (exact) mass is 355 g/mol. The van der Waals surface area contributed by atoms with Gasteiger partial charge < -0.3 is 21.1 Å². The Morgan fingerprint density at radius 2 is 2.12 bits per heavy atom. The molecule has 0 radical (unpaired) electrons. The van der Waals surface area contributed by atoms with Gasteiger partial charge in [0.25, 0.3) is 0 Å². The summed E-state index contributed by atoms with van der Waals surface area (Å²) in [5.41, 5.74) is 17.0. The molecule has 1 aliphatic heterocycles. The molecule has 2 heterocycles. The van der Waals surface area contributed by atoms with Crippen LogP contribution in [0.15, 0.2) is 18.2 Å². The fourth-order valence-electron chi connectivity index (χ4n) is 3.48. The highest BCUT2D eigenvalue weighted by Gasteiger charge is 2.20. The Kier molecular flexibility index (Phi) is 5.25. The molecule has 2 aromatic rings. The number of esters is 1. The first-order valence-electron chi connectivity index (χ1n) is 8.90. The molecule has 0 saturated carbocycles. The van der Waals surface area contributed by atoms with E-state index in [0.717, 1.165) is 48.3 Å². The predicted octanol–water partition coefficient (Wildman–Crippen LogP) is 2.19. The smallest absolute Gasteiger partial charge is 0.307 e. The molecule has 3 rings (SSSR count). The second-order valence-corrected chi connectivity index (χ2v) is 6.40. The maximum atomic E-state index is 11.5. The van der Waals surface area contributed by atoms with Gasteiger partial charge in [0.2, 0.25) is 5.95 Å². The van der Waals surface area contributed by atoms with E-state index in [1.54, 1.807) is 0 Å². The summed E-state index contributed by atoms with van der Waals surface area (Å²) in [7, 11) is 1.42. The van der Waals surface area contributed by atoms with Crippen LogP contribution in [0.5, 0.6) is 0 Å². The van der Waals surface area contributed by atoms with E-state index >= 15 is 0 Å². The standard InChI is InChI=1S/C19H25N5O2/c1-3-14-17(18(20)23-19(21)22-14)13-7-6-12-5-4-9-24(15(12)11-13)10-8-16(25)26-2/h6-7,11H,3-5,8-10H2,1-2H3,(H4,20,21,22,23). The van der Waals surface area contributed by atoms with E-state index in [4.69, 9.17) is 16.2 Å². The molecule has 26 heavy (non-hydrogen) atoms. The molecule has 4 N–H and O–H groups in total. The third-order valence-electron chi connectivity index (χ3n) is 4.77. The van der Waals surface area contributed by atoms with Gasteiger partial charge in [-0.3, -0.25) is 4.79 Å². The van der Waals surface area contributed by atoms with Gasteiger partial charge in [-0.15, -0.1) is 0 Å². The van der Waals surface area contributed by atoms with Crippen LogP contribution in [0, 0.1) is 0 Å². The molecule has 0 unspecified atom stereocenters. The Labute approximate surface area is 153 Å². The first-order chi connectivity index (χ1) is 12.5. The third-order valence-corrected chi connectivity index (χ3v) is 4.77. The maximum absolute atomic E-state index is 11.5. The lowest BCUT2D eigenvalue weighted by Gasteiger charge is -2.31. The van der Waals surface area contributed by atoms with Crippen molar-refractivity contribution < 1.29 is 9.53 Å². The summed E-state index contributed by atoms with van der Waals surface area (Å²) in [6.07, 6.45) is 3.18. The van der Waals surface area contributed by atoms with Gasteiger partial charge in [-0.25, -0.2) is 4.98 Å². The van der Waals surface area contributed by atoms with Crippen LogP contribution in [0.1, 0.15) is 31.0 Å². The molecule has 1 aromatic carbocycles. The Bertz CT molecular complexity index is 822. The van der Waals surface area contributed by atoms with Crippen molar-refractivity contribution in [2.45, 2.75) is 32.6 Å². The summed E-state index contributed by atoms with van der Waals surface area (Å²) < 4.78 is 4.77. The van der Waals surface area contributed by atoms with E-state index < -0.39 is 0 Å². The van der Waals surface area contributed by atoms with Crippen LogP contribution in [-0.4, -0.2) is 36.1 Å². The van der Waals surface area contributed by atoms with Gasteiger partial charge in [0.1, 0.15) is 5.82 Å². The van der Waals surface area contributed by atoms with Crippen molar-refractivity contribution in [3.05, 3.63) is 29.5 Å². The lowest BCUT2D eigenvalue weighted by molar-refractivity contribution is -0.140. The van der Waals surface area contributed by atoms with E-state index in [1.807, 2.05) is 6.92 Å². The van der Waals surface area contributed by atoms with Crippen LogP contribution < -0.4 is 16.4 Å². The van der Waals surface area contributed by atoms with Crippen LogP contribution in [-0.2, 0) is 22.4 Å². The van der Waals surface area contributed by atoms with Crippen molar-refractivity contribution in [1.82, 2.24) is 9.97 Å². The number of hydrogen-bond acceptors (Lipinski definition) is 7. The van der Waals surface area contributed by atoms with Gasteiger partial charge in [0.15, 0.2) is 0 Å². The minimum atomic E-state index is -0.197. The number of methoxy groups -OCH3 is 1. The van der Waals surface area contributed by atoms with E-state index in [9.17, 15) is 4.79 Å². The van der Waals surface area contributed by atoms with Gasteiger partial charge in [0.05, 0.1) is 19.2 Å². The summed E-state index contributed by atoms with van der Waals surface area (Å²) in [5, 5.41) is 0. The highest BCUT2D eigenvalue weighted by Crippen LogP contribution is 2.35. The lowest BCUT2D eigenvalue weighted by atomic mass is 9.95. The van der Waals surface area contributed by atoms with Gasteiger partial charge in [-0.05, 0) is 36.5 Å². The molecular formula is C19H25N5O2. The van der Waals surface area contributed by atoms with Gasteiger partial charge in [-0.2, -0.15) is 4.98 Å². The average molecular weight is 355 g/mol. The average Bonchev–Trinajstić information content (AvgIpc) is 2.64. The molecule has 0 atom stereocenters. The van der Waals surface area contributed by atoms with Crippen molar-refractivity contribution in [2.24, 2.45) is 0 Å². The number of nitrogens with two attached hydrogens (primary N) is 2. The Balaban J connectivity index is 1.99. The normalized spacial score (nSPS) is 13.4. The van der Waals surface area contributed by atoms with Gasteiger partial charge >= 0.3 is 5.97 Å². The van der Waals surface area contributed by atoms with E-state index in [2.05, 4.69) is 33.1 Å². The number of carbonyl (C=O) groups excluding carboxylic acids is 1. The molecule has 0 bridgehead atoms. The minimum absolute atomic E-state index is 0.195. The number of aromatic nitrogens is 2. The number of aryl methyl sites for hydroxylation is 2. The molecule has 0 fully saturated rings. The SMILES string of the molecule is CCc1nc(N)nc(N)c1-c1ccc2c(c1)N(CCC(=O)OC)CCC2. The van der Waals surface area contributed by atoms with Crippen LogP contribution in [0.2, 0.25) is 0 Å². The summed E-state index contributed by atoms with van der Waals surface area (Å²) in [6, 6.07) is 6.31. The quantitative estimate of drug-likeness (QED) is 0.792. The Morgan fingerprint density at radius 3 is 2.85 bits per heavy atom. The number of nitrogen functional groups attached to an aromatic ring is 2. The number of carbonyl (C=O) groups is 1. The van der Waals surface area contributed by atoms with Crippen LogP contribution in [0.25, 0.3) is 11.1 Å². The van der Waals surface area contributed by atoms with E-state index in [1.165, 1.54) is 12.7 Å². The molecule has 0 aliphatic carbocycles. The maximum Gasteiger partial charge on any atom is 0.307 e. The lowest BCUT2D eigenvalue weighted by Crippen LogP contribution is -2.31. The molecule has 7 nitrogen and oxygen atoms in total. The van der Waals surface area contributed by atoms with E-state index in [-0.39, 0.29) is 11.9 Å². The van der Waals surface area contributed by atoms with Crippen LogP contribution in [0.3, 0.4) is 0 Å². The zero-order valence-electron chi connectivity index (χ0n) is 15.3. The topological polar surface area (TPSA) is 107 Å². The fraction of sp³-hybridized carbons (Fsp3) is 0.421. The number of fused-ring (bicyclic) bond motifs is 1. The van der Waals surface area contributed by atoms with Crippen molar-refractivity contribution in [2.75, 3.05) is 36.6 Å². The van der Waals surface area contributed by atoms with Crippen LogP contribution >= 0.6 is 0 Å². The zero-order chi connectivity index (χ0) is 18.7. The number of ether oxygens (including phenoxy) is 1. The number of rotatable bonds is 5. The number of hydrogen-bond donors (Lipinski definition) is 2. The Morgan fingerprint density at radius 1 is 1.31 bits per heavy atom. The summed E-state index contributed by atoms with van der Waals surface area (Å²) in [6.45, 7) is 3.57. The number of benzene rings is 1. The molecule has 1 aliphatic rings. The largest absolute Gasteiger partial charge is 0.469 e. The second kappa shape index (κ2) is 7.59. The minimum Gasteiger partial charge on any atom is -0.469 e. The summed E-state index contributed by atoms with van der Waals surface area (Å²) in [5.74, 6) is 0.393. The fourth-order valence-corrected chi connectivity index (χ4v) is 3.48. The van der Waals surface area contributed by atoms with Crippen molar-refractivity contribution in [1.29, 1.82) is 0 Å². The first kappa shape index (κ1) is 18.0. The summed E-state index contributed by atoms with van der Waals surface area (Å²) >= 11 is 0. The Hall–Kier alpha value is -2.83. The molecule has 1 aromatic heterocycles. The second-order valence-electron chi connectivity index (χ2n) is 6.40. The molecule has 7 heteroatoms. The van der Waals surface area contributed by atoms with Gasteiger partial charge in [0, 0.05) is 24.3 Å². The number of nitrogens with zero attached hydrogens (tertiary/aromatic N) is 3. The van der Waals surface area contributed by atoms with Gasteiger partial charge in [-0.1, -0.05) is 19.1 Å². The third kappa shape index (κ3) is 3.56. The molecule has 0 saturated heterocycles. The van der Waals surface area contributed by atoms with Crippen LogP contribution in [0.4, 0.5) is 17.5 Å². The first-order valence-corrected chi connectivity index (χ1v) is 8.90. The number of anilines is 3. The highest BCUT2D eigenvalue weighted by molar-refractivity contribution is 5.80. The zero-order valence-corrected chi connectivity index (χ0v) is 15.3. The molecule has 0 spiro atoms. The van der Waals surface area contributed by atoms with Crippen molar-refractivity contribution >= 4 is 23.4 Å². The van der Waals surface area contributed by atoms with E-state index in [0.29, 0.717) is 18.8 Å². The molecule has 0 amide bonds.